The molecule has 1 heterocycles. The van der Waals surface area contributed by atoms with Crippen LogP contribution in [-0.4, -0.2) is 31.0 Å². The van der Waals surface area contributed by atoms with Gasteiger partial charge in [-0.05, 0) is 24.1 Å². The first-order valence-corrected chi connectivity index (χ1v) is 7.91. The average Bonchev–Trinajstić information content (AvgIpc) is 2.53. The zero-order chi connectivity index (χ0) is 15.2. The predicted molar refractivity (Wildman–Crippen MR) is 83.5 cm³/mol. The van der Waals surface area contributed by atoms with Crippen LogP contribution in [0.5, 0.6) is 11.5 Å². The second-order valence-electron chi connectivity index (χ2n) is 5.16. The normalized spacial score (nSPS) is 14.9. The van der Waals surface area contributed by atoms with Crippen LogP contribution in [0.15, 0.2) is 18.2 Å². The lowest BCUT2D eigenvalue weighted by molar-refractivity contribution is 0.0950. The van der Waals surface area contributed by atoms with Gasteiger partial charge in [0.05, 0.1) is 5.38 Å². The summed E-state index contributed by atoms with van der Waals surface area (Å²) in [6.45, 7) is 5.76. The first kappa shape index (κ1) is 16.0. The van der Waals surface area contributed by atoms with Crippen LogP contribution >= 0.6 is 11.6 Å². The van der Waals surface area contributed by atoms with Crippen molar-refractivity contribution in [2.24, 2.45) is 5.92 Å². The van der Waals surface area contributed by atoms with Crippen LogP contribution in [0.4, 0.5) is 0 Å². The highest BCUT2D eigenvalue weighted by Crippen LogP contribution is 2.30. The number of halogens is 1. The maximum Gasteiger partial charge on any atom is 0.251 e. The number of hydrogen-bond donors (Lipinski definition) is 1. The summed E-state index contributed by atoms with van der Waals surface area (Å²) in [5.41, 5.74) is 0.563. The molecule has 1 amide bonds. The number of amides is 1. The second-order valence-corrected chi connectivity index (χ2v) is 5.72. The molecule has 1 aromatic carbocycles. The molecule has 0 aliphatic carbocycles. The van der Waals surface area contributed by atoms with Crippen LogP contribution in [-0.2, 0) is 0 Å². The minimum absolute atomic E-state index is 0.0406. The van der Waals surface area contributed by atoms with E-state index in [1.807, 2.05) is 0 Å². The molecule has 0 aromatic heterocycles. The Balaban J connectivity index is 1.94. The Morgan fingerprint density at radius 2 is 1.90 bits per heavy atom. The molecule has 1 N–H and O–H groups in total. The summed E-state index contributed by atoms with van der Waals surface area (Å²) in [5, 5.41) is 2.85. The van der Waals surface area contributed by atoms with Crippen LogP contribution in [0.3, 0.4) is 0 Å². The minimum atomic E-state index is -0.136. The van der Waals surface area contributed by atoms with Gasteiger partial charge in [-0.15, -0.1) is 11.6 Å². The zero-order valence-corrected chi connectivity index (χ0v) is 13.3. The van der Waals surface area contributed by atoms with Crippen molar-refractivity contribution in [3.05, 3.63) is 23.8 Å². The van der Waals surface area contributed by atoms with Crippen LogP contribution in [0.25, 0.3) is 0 Å². The molecule has 0 saturated carbocycles. The SMILES string of the molecule is CCC(CC)C(Cl)CNC(=O)c1ccc2c(c1)OCCO2. The van der Waals surface area contributed by atoms with Crippen molar-refractivity contribution in [2.45, 2.75) is 32.1 Å². The highest BCUT2D eigenvalue weighted by molar-refractivity contribution is 6.21. The molecule has 2 rings (SSSR count). The van der Waals surface area contributed by atoms with E-state index in [-0.39, 0.29) is 11.3 Å². The molecule has 1 unspecified atom stereocenters. The van der Waals surface area contributed by atoms with Crippen molar-refractivity contribution in [3.63, 3.8) is 0 Å². The van der Waals surface area contributed by atoms with E-state index in [2.05, 4.69) is 19.2 Å². The van der Waals surface area contributed by atoms with Gasteiger partial charge in [-0.2, -0.15) is 0 Å². The number of nitrogens with one attached hydrogen (secondary N) is 1. The molecule has 5 heteroatoms. The Hall–Kier alpha value is -1.42. The highest BCUT2D eigenvalue weighted by atomic mass is 35.5. The number of fused-ring (bicyclic) bond motifs is 1. The van der Waals surface area contributed by atoms with Gasteiger partial charge in [0.15, 0.2) is 11.5 Å². The van der Waals surface area contributed by atoms with E-state index < -0.39 is 0 Å². The summed E-state index contributed by atoms with van der Waals surface area (Å²) in [5.74, 6) is 1.59. The fourth-order valence-electron chi connectivity index (χ4n) is 2.44. The number of rotatable bonds is 6. The van der Waals surface area contributed by atoms with E-state index in [0.29, 0.717) is 42.7 Å². The molecule has 1 aliphatic heterocycles. The average molecular weight is 312 g/mol. The smallest absolute Gasteiger partial charge is 0.251 e. The number of ether oxygens (including phenoxy) is 2. The highest BCUT2D eigenvalue weighted by Gasteiger charge is 2.18. The van der Waals surface area contributed by atoms with E-state index >= 15 is 0 Å². The quantitative estimate of drug-likeness (QED) is 0.821. The van der Waals surface area contributed by atoms with E-state index in [9.17, 15) is 4.79 Å². The van der Waals surface area contributed by atoms with Gasteiger partial charge in [-0.1, -0.05) is 26.7 Å². The zero-order valence-electron chi connectivity index (χ0n) is 12.5. The molecular weight excluding hydrogens is 290 g/mol. The van der Waals surface area contributed by atoms with Crippen LogP contribution in [0.1, 0.15) is 37.0 Å². The van der Waals surface area contributed by atoms with Crippen molar-refractivity contribution < 1.29 is 14.3 Å². The van der Waals surface area contributed by atoms with Crippen LogP contribution in [0.2, 0.25) is 0 Å². The number of carbonyl (C=O) groups is 1. The minimum Gasteiger partial charge on any atom is -0.486 e. The number of hydrogen-bond acceptors (Lipinski definition) is 3. The molecule has 116 valence electrons. The standard InChI is InChI=1S/C16H22ClNO3/c1-3-11(4-2)13(17)10-18-16(19)12-5-6-14-15(9-12)21-8-7-20-14/h5-6,9,11,13H,3-4,7-8,10H2,1-2H3,(H,18,19). The molecule has 0 fully saturated rings. The Morgan fingerprint density at radius 3 is 2.57 bits per heavy atom. The third-order valence-corrected chi connectivity index (χ3v) is 4.33. The topological polar surface area (TPSA) is 47.6 Å². The van der Waals surface area contributed by atoms with Gasteiger partial charge in [-0.3, -0.25) is 4.79 Å². The molecule has 21 heavy (non-hydrogen) atoms. The first-order chi connectivity index (χ1) is 10.2. The monoisotopic (exact) mass is 311 g/mol. The molecule has 1 aromatic rings. The summed E-state index contributed by atoms with van der Waals surface area (Å²) in [7, 11) is 0. The Labute approximate surface area is 130 Å². The molecule has 1 aliphatic rings. The maximum absolute atomic E-state index is 12.2. The molecule has 0 spiro atoms. The van der Waals surface area contributed by atoms with Gasteiger partial charge in [0, 0.05) is 12.1 Å². The summed E-state index contributed by atoms with van der Waals surface area (Å²) >= 11 is 6.33. The van der Waals surface area contributed by atoms with Crippen molar-refractivity contribution in [2.75, 3.05) is 19.8 Å². The van der Waals surface area contributed by atoms with Gasteiger partial charge in [-0.25, -0.2) is 0 Å². The molecule has 4 nitrogen and oxygen atoms in total. The Kier molecular flexibility index (Phi) is 5.74. The summed E-state index contributed by atoms with van der Waals surface area (Å²) in [4.78, 5) is 12.2. The van der Waals surface area contributed by atoms with Crippen molar-refractivity contribution in [1.82, 2.24) is 5.32 Å². The number of carbonyl (C=O) groups excluding carboxylic acids is 1. The third-order valence-electron chi connectivity index (χ3n) is 3.82. The maximum atomic E-state index is 12.2. The van der Waals surface area contributed by atoms with Crippen LogP contribution in [0, 0.1) is 5.92 Å². The lowest BCUT2D eigenvalue weighted by Crippen LogP contribution is -2.33. The van der Waals surface area contributed by atoms with Crippen molar-refractivity contribution >= 4 is 17.5 Å². The third kappa shape index (κ3) is 4.03. The van der Waals surface area contributed by atoms with Gasteiger partial charge in [0.25, 0.3) is 5.91 Å². The van der Waals surface area contributed by atoms with E-state index in [4.69, 9.17) is 21.1 Å². The lowest BCUT2D eigenvalue weighted by Gasteiger charge is -2.20. The van der Waals surface area contributed by atoms with Gasteiger partial charge < -0.3 is 14.8 Å². The molecule has 0 bridgehead atoms. The Morgan fingerprint density at radius 1 is 1.24 bits per heavy atom. The summed E-state index contributed by atoms with van der Waals surface area (Å²) in [6.07, 6.45) is 2.04. The van der Waals surface area contributed by atoms with E-state index in [1.165, 1.54) is 0 Å². The predicted octanol–water partition coefficient (Wildman–Crippen LogP) is 3.23. The van der Waals surface area contributed by atoms with E-state index in [0.717, 1.165) is 12.8 Å². The van der Waals surface area contributed by atoms with Crippen LogP contribution < -0.4 is 14.8 Å². The molecular formula is C16H22ClNO3. The van der Waals surface area contributed by atoms with Gasteiger partial charge in [0.2, 0.25) is 0 Å². The number of alkyl halides is 1. The Bertz CT molecular complexity index is 488. The first-order valence-electron chi connectivity index (χ1n) is 7.47. The second kappa shape index (κ2) is 7.55. The van der Waals surface area contributed by atoms with Crippen molar-refractivity contribution in [1.29, 1.82) is 0 Å². The summed E-state index contributed by atoms with van der Waals surface area (Å²) < 4.78 is 10.9. The van der Waals surface area contributed by atoms with E-state index in [1.54, 1.807) is 18.2 Å². The molecule has 0 radical (unpaired) electrons. The molecule has 1 atom stereocenters. The lowest BCUT2D eigenvalue weighted by atomic mass is 9.99. The fraction of sp³-hybridized carbons (Fsp3) is 0.562. The van der Waals surface area contributed by atoms with Gasteiger partial charge in [0.1, 0.15) is 13.2 Å². The van der Waals surface area contributed by atoms with Crippen molar-refractivity contribution in [3.8, 4) is 11.5 Å². The van der Waals surface area contributed by atoms with Gasteiger partial charge >= 0.3 is 0 Å². The fourth-order valence-corrected chi connectivity index (χ4v) is 2.88. The largest absolute Gasteiger partial charge is 0.486 e. The number of benzene rings is 1. The molecule has 0 saturated heterocycles. The summed E-state index contributed by atoms with van der Waals surface area (Å²) in [6, 6.07) is 5.22.